The third kappa shape index (κ3) is 4.89. The molecular weight excluding hydrogens is 424 g/mol. The van der Waals surface area contributed by atoms with Crippen LogP contribution in [-0.4, -0.2) is 83.3 Å². The van der Waals surface area contributed by atoms with Gasteiger partial charge < -0.3 is 9.84 Å². The van der Waals surface area contributed by atoms with Crippen LogP contribution in [0.25, 0.3) is 0 Å². The summed E-state index contributed by atoms with van der Waals surface area (Å²) in [5.74, 6) is -6.31. The van der Waals surface area contributed by atoms with Gasteiger partial charge in [0.05, 0.1) is 41.2 Å². The van der Waals surface area contributed by atoms with E-state index in [1.807, 2.05) is 0 Å². The second-order valence-electron chi connectivity index (χ2n) is 11.3. The molecule has 1 fully saturated rings. The summed E-state index contributed by atoms with van der Waals surface area (Å²) in [6.45, 7) is 17.5. The van der Waals surface area contributed by atoms with E-state index in [1.54, 1.807) is 9.80 Å². The Balaban J connectivity index is 3.02. The molecule has 8 heteroatoms. The molecule has 1 aliphatic rings. The molecule has 32 heavy (non-hydrogen) atoms. The summed E-state index contributed by atoms with van der Waals surface area (Å²) in [4.78, 5) is 3.34. The smallest absolute Gasteiger partial charge is 0.272 e. The highest BCUT2D eigenvalue weighted by Crippen LogP contribution is 2.50. The maximum Gasteiger partial charge on any atom is 0.272 e. The van der Waals surface area contributed by atoms with E-state index in [9.17, 15) is 5.11 Å². The van der Waals surface area contributed by atoms with E-state index in [4.69, 9.17) is 4.74 Å². The molecule has 1 saturated heterocycles. The lowest BCUT2D eigenvalue weighted by Gasteiger charge is -2.56. The lowest BCUT2D eigenvalue weighted by atomic mass is 9.71. The fourth-order valence-electron chi connectivity index (χ4n) is 4.59. The number of ether oxygens (including phenoxy) is 1. The number of rotatable bonds is 11. The Hall–Kier alpha value is -0.700. The van der Waals surface area contributed by atoms with Crippen molar-refractivity contribution in [2.45, 2.75) is 91.3 Å². The summed E-state index contributed by atoms with van der Waals surface area (Å²) in [5, 5.41) is 9.96. The zero-order valence-electron chi connectivity index (χ0n) is 21.4. The van der Waals surface area contributed by atoms with Crippen LogP contribution in [-0.2, 0) is 4.74 Å². The summed E-state index contributed by atoms with van der Waals surface area (Å²) in [5.41, 5.74) is -6.12. The molecule has 0 spiro atoms. The second kappa shape index (κ2) is 9.51. The zero-order chi connectivity index (χ0) is 25.4. The quantitative estimate of drug-likeness (QED) is 0.261. The van der Waals surface area contributed by atoms with E-state index in [0.717, 1.165) is 0 Å². The lowest BCUT2D eigenvalue weighted by molar-refractivity contribution is -0.239. The monoisotopic (exact) mass is 468 g/mol. The van der Waals surface area contributed by atoms with Gasteiger partial charge >= 0.3 is 0 Å². The van der Waals surface area contributed by atoms with Crippen LogP contribution in [0.3, 0.4) is 0 Å². The van der Waals surface area contributed by atoms with Gasteiger partial charge in [0.2, 0.25) is 0 Å². The van der Waals surface area contributed by atoms with E-state index in [1.165, 1.54) is 68.4 Å². The third-order valence-electron chi connectivity index (χ3n) is 7.80. The van der Waals surface area contributed by atoms with Gasteiger partial charge in [0, 0.05) is 26.2 Å². The minimum absolute atomic E-state index is 0.122. The molecule has 0 amide bonds. The molecule has 1 N–H and O–H groups in total. The van der Waals surface area contributed by atoms with Crippen molar-refractivity contribution in [1.82, 2.24) is 9.80 Å². The Morgan fingerprint density at radius 1 is 0.844 bits per heavy atom. The Morgan fingerprint density at radius 3 is 1.56 bits per heavy atom. The Morgan fingerprint density at radius 2 is 1.22 bits per heavy atom. The van der Waals surface area contributed by atoms with Crippen molar-refractivity contribution >= 4 is 0 Å². The normalized spacial score (nSPS) is 19.8. The Bertz CT molecular complexity index is 638. The first-order valence-corrected chi connectivity index (χ1v) is 11.3. The molecule has 4 nitrogen and oxygen atoms in total. The molecule has 0 aromatic heterocycles. The van der Waals surface area contributed by atoms with Gasteiger partial charge in [-0.05, 0) is 34.6 Å². The highest BCUT2D eigenvalue weighted by molar-refractivity contribution is 5.08. The topological polar surface area (TPSA) is 35.9 Å². The summed E-state index contributed by atoms with van der Waals surface area (Å²) in [6.07, 6.45) is 0.316. The average Bonchev–Trinajstić information content (AvgIpc) is 2.67. The number of halogens is 4. The largest absolute Gasteiger partial charge is 0.393 e. The first-order valence-electron chi connectivity index (χ1n) is 11.3. The zero-order valence-corrected chi connectivity index (χ0v) is 21.4. The second-order valence-corrected chi connectivity index (χ2v) is 11.3. The van der Waals surface area contributed by atoms with Crippen molar-refractivity contribution in [1.29, 1.82) is 0 Å². The maximum atomic E-state index is 15.6. The van der Waals surface area contributed by atoms with E-state index in [2.05, 4.69) is 6.58 Å². The molecule has 1 rings (SSSR count). The minimum Gasteiger partial charge on any atom is -0.393 e. The molecule has 190 valence electrons. The van der Waals surface area contributed by atoms with Crippen LogP contribution in [0.1, 0.15) is 62.3 Å². The summed E-state index contributed by atoms with van der Waals surface area (Å²) in [6, 6.07) is 0. The van der Waals surface area contributed by atoms with Crippen molar-refractivity contribution in [2.75, 3.05) is 39.4 Å². The highest BCUT2D eigenvalue weighted by atomic mass is 19.3. The molecule has 0 saturated carbocycles. The van der Waals surface area contributed by atoms with Crippen molar-refractivity contribution < 1.29 is 27.4 Å². The molecule has 1 aliphatic heterocycles. The number of alkyl halides is 4. The number of nitrogens with zero attached hydrogens (tertiary/aromatic N) is 2. The van der Waals surface area contributed by atoms with Crippen LogP contribution < -0.4 is 0 Å². The summed E-state index contributed by atoms with van der Waals surface area (Å²) in [7, 11) is 0. The maximum absolute atomic E-state index is 15.6. The van der Waals surface area contributed by atoms with E-state index in [-0.39, 0.29) is 39.4 Å². The van der Waals surface area contributed by atoms with Crippen LogP contribution in [0, 0.1) is 10.8 Å². The molecule has 0 radical (unpaired) electrons. The fraction of sp³-hybridized carbons (Fsp3) is 0.917. The van der Waals surface area contributed by atoms with Gasteiger partial charge in [-0.1, -0.05) is 33.8 Å². The SMILES string of the molecule is C=CCOCC(C)(C)C(F)(F)C(C)(C)N1CCN(C(C)(C)C(F)(F)C(C)(C)C(C)O)CC1. The van der Waals surface area contributed by atoms with Gasteiger partial charge in [0.1, 0.15) is 0 Å². The van der Waals surface area contributed by atoms with E-state index >= 15 is 17.6 Å². The molecule has 0 bridgehead atoms. The van der Waals surface area contributed by atoms with E-state index < -0.39 is 39.9 Å². The van der Waals surface area contributed by atoms with Crippen LogP contribution in [0.2, 0.25) is 0 Å². The van der Waals surface area contributed by atoms with Gasteiger partial charge in [0.25, 0.3) is 11.8 Å². The fourth-order valence-corrected chi connectivity index (χ4v) is 4.59. The first-order chi connectivity index (χ1) is 14.2. The summed E-state index contributed by atoms with van der Waals surface area (Å²) >= 11 is 0. The minimum atomic E-state index is -3.21. The predicted octanol–water partition coefficient (Wildman–Crippen LogP) is 5.07. The molecule has 1 unspecified atom stereocenters. The molecular formula is C24H44F4N2O2. The first kappa shape index (κ1) is 29.3. The number of hydrogen-bond acceptors (Lipinski definition) is 4. The molecule has 1 heterocycles. The van der Waals surface area contributed by atoms with Crippen molar-refractivity contribution in [2.24, 2.45) is 10.8 Å². The van der Waals surface area contributed by atoms with Crippen LogP contribution in [0.5, 0.6) is 0 Å². The number of aliphatic hydroxyl groups excluding tert-OH is 1. The third-order valence-corrected chi connectivity index (χ3v) is 7.80. The average molecular weight is 469 g/mol. The van der Waals surface area contributed by atoms with Crippen LogP contribution in [0.4, 0.5) is 17.6 Å². The molecule has 0 aromatic rings. The van der Waals surface area contributed by atoms with Crippen LogP contribution >= 0.6 is 0 Å². The van der Waals surface area contributed by atoms with Crippen LogP contribution in [0.15, 0.2) is 12.7 Å². The lowest BCUT2D eigenvalue weighted by Crippen LogP contribution is -2.70. The number of piperazine rings is 1. The number of hydrogen-bond donors (Lipinski definition) is 1. The van der Waals surface area contributed by atoms with Crippen molar-refractivity contribution in [3.05, 3.63) is 12.7 Å². The Kier molecular flexibility index (Phi) is 8.72. The Labute approximate surface area is 192 Å². The highest BCUT2D eigenvalue weighted by Gasteiger charge is 2.63. The van der Waals surface area contributed by atoms with Crippen molar-refractivity contribution in [3.63, 3.8) is 0 Å². The van der Waals surface area contributed by atoms with Gasteiger partial charge in [-0.25, -0.2) is 17.6 Å². The van der Waals surface area contributed by atoms with Gasteiger partial charge in [-0.2, -0.15) is 0 Å². The van der Waals surface area contributed by atoms with Crippen molar-refractivity contribution in [3.8, 4) is 0 Å². The number of aliphatic hydroxyl groups is 1. The van der Waals surface area contributed by atoms with Gasteiger partial charge in [0.15, 0.2) is 0 Å². The van der Waals surface area contributed by atoms with E-state index in [0.29, 0.717) is 0 Å². The summed E-state index contributed by atoms with van der Waals surface area (Å²) < 4.78 is 67.6. The molecule has 0 aliphatic carbocycles. The predicted molar refractivity (Wildman–Crippen MR) is 121 cm³/mol. The van der Waals surface area contributed by atoms with Gasteiger partial charge in [-0.3, -0.25) is 9.80 Å². The van der Waals surface area contributed by atoms with Gasteiger partial charge in [-0.15, -0.1) is 6.58 Å². The molecule has 1 atom stereocenters. The molecule has 0 aromatic carbocycles. The standard InChI is InChI=1S/C24H44F4N2O2/c1-11-16-32-17-19(3,4)23(25,26)21(7,8)29-12-14-30(15-13-29)22(9,10)24(27,28)20(5,6)18(2)31/h11,18,31H,1,12-17H2,2-10H3.